The number of hydrogen-bond acceptors (Lipinski definition) is 4. The number of carbonyl (C=O) groups is 1. The summed E-state index contributed by atoms with van der Waals surface area (Å²) >= 11 is 0. The predicted octanol–water partition coefficient (Wildman–Crippen LogP) is 0.966. The van der Waals surface area contributed by atoms with Crippen molar-refractivity contribution < 1.29 is 9.53 Å². The molecule has 4 nitrogen and oxygen atoms in total. The number of methoxy groups -OCH3 is 1. The highest BCUT2D eigenvalue weighted by Crippen LogP contribution is 2.27. The van der Waals surface area contributed by atoms with Crippen molar-refractivity contribution in [2.24, 2.45) is 5.92 Å². The third kappa shape index (κ3) is 2.99. The third-order valence-electron chi connectivity index (χ3n) is 4.19. The molecule has 2 saturated heterocycles. The number of rotatable bonds is 3. The Balaban J connectivity index is 2.01. The van der Waals surface area contributed by atoms with E-state index < -0.39 is 0 Å². The van der Waals surface area contributed by atoms with Gasteiger partial charge < -0.3 is 9.64 Å². The van der Waals surface area contributed by atoms with Gasteiger partial charge in [-0.2, -0.15) is 0 Å². The van der Waals surface area contributed by atoms with Crippen LogP contribution in [-0.2, 0) is 9.53 Å². The van der Waals surface area contributed by atoms with Crippen LogP contribution in [0.5, 0.6) is 0 Å². The van der Waals surface area contributed by atoms with Crippen LogP contribution in [-0.4, -0.2) is 62.1 Å². The fourth-order valence-electron chi connectivity index (χ4n) is 3.12. The zero-order valence-corrected chi connectivity index (χ0v) is 11.0. The number of nitrogens with zero attached hydrogens (tertiary/aromatic N) is 2. The van der Waals surface area contributed by atoms with Crippen LogP contribution in [0.3, 0.4) is 0 Å². The second-order valence-electron chi connectivity index (χ2n) is 5.35. The molecule has 17 heavy (non-hydrogen) atoms. The lowest BCUT2D eigenvalue weighted by Crippen LogP contribution is -2.48. The molecule has 1 unspecified atom stereocenters. The number of hydrogen-bond donors (Lipinski definition) is 0. The Bertz CT molecular complexity index is 256. The lowest BCUT2D eigenvalue weighted by molar-refractivity contribution is -0.149. The highest BCUT2D eigenvalue weighted by atomic mass is 16.5. The summed E-state index contributed by atoms with van der Waals surface area (Å²) in [4.78, 5) is 16.7. The summed E-state index contributed by atoms with van der Waals surface area (Å²) in [5.41, 5.74) is 0. The number of likely N-dealkylation sites (tertiary alicyclic amines) is 2. The SMILES string of the molecule is COC(=O)C(C1CCN(C)CC1)N1CCCC1. The van der Waals surface area contributed by atoms with Gasteiger partial charge in [-0.1, -0.05) is 0 Å². The molecule has 0 aromatic carbocycles. The molecule has 0 N–H and O–H groups in total. The smallest absolute Gasteiger partial charge is 0.323 e. The van der Waals surface area contributed by atoms with Gasteiger partial charge in [0.15, 0.2) is 0 Å². The Hall–Kier alpha value is -0.610. The summed E-state index contributed by atoms with van der Waals surface area (Å²) in [5.74, 6) is 0.457. The summed E-state index contributed by atoms with van der Waals surface area (Å²) in [6, 6.07) is 0.0104. The van der Waals surface area contributed by atoms with E-state index in [1.807, 2.05) is 0 Å². The van der Waals surface area contributed by atoms with Crippen molar-refractivity contribution >= 4 is 5.97 Å². The van der Waals surface area contributed by atoms with Crippen molar-refractivity contribution in [3.63, 3.8) is 0 Å². The molecule has 0 spiro atoms. The topological polar surface area (TPSA) is 32.8 Å². The minimum atomic E-state index is -0.0264. The van der Waals surface area contributed by atoms with Crippen molar-refractivity contribution in [3.05, 3.63) is 0 Å². The molecule has 0 aliphatic carbocycles. The third-order valence-corrected chi connectivity index (χ3v) is 4.19. The van der Waals surface area contributed by atoms with E-state index in [0.717, 1.165) is 39.0 Å². The van der Waals surface area contributed by atoms with Crippen LogP contribution in [0.2, 0.25) is 0 Å². The molecule has 0 saturated carbocycles. The monoisotopic (exact) mass is 240 g/mol. The van der Waals surface area contributed by atoms with Crippen LogP contribution in [0.15, 0.2) is 0 Å². The first-order chi connectivity index (χ1) is 8.22. The molecule has 0 amide bonds. The van der Waals surface area contributed by atoms with E-state index in [2.05, 4.69) is 16.8 Å². The Kier molecular flexibility index (Phi) is 4.40. The number of esters is 1. The first kappa shape index (κ1) is 12.8. The zero-order chi connectivity index (χ0) is 12.3. The summed E-state index contributed by atoms with van der Waals surface area (Å²) in [6.45, 7) is 4.33. The first-order valence-corrected chi connectivity index (χ1v) is 6.73. The molecule has 0 aromatic heterocycles. The lowest BCUT2D eigenvalue weighted by Gasteiger charge is -2.37. The van der Waals surface area contributed by atoms with E-state index in [1.54, 1.807) is 0 Å². The molecule has 2 fully saturated rings. The second-order valence-corrected chi connectivity index (χ2v) is 5.35. The van der Waals surface area contributed by atoms with E-state index in [-0.39, 0.29) is 12.0 Å². The maximum Gasteiger partial charge on any atom is 0.323 e. The molecule has 0 radical (unpaired) electrons. The molecule has 2 rings (SSSR count). The van der Waals surface area contributed by atoms with Gasteiger partial charge in [0.05, 0.1) is 7.11 Å². The molecule has 1 atom stereocenters. The molecular weight excluding hydrogens is 216 g/mol. The quantitative estimate of drug-likeness (QED) is 0.688. The molecule has 2 aliphatic rings. The van der Waals surface area contributed by atoms with Crippen molar-refractivity contribution in [2.45, 2.75) is 31.7 Å². The largest absolute Gasteiger partial charge is 0.468 e. The second kappa shape index (κ2) is 5.83. The minimum absolute atomic E-state index is 0.0104. The first-order valence-electron chi connectivity index (χ1n) is 6.73. The van der Waals surface area contributed by atoms with Gasteiger partial charge in [0.1, 0.15) is 6.04 Å². The van der Waals surface area contributed by atoms with Crippen molar-refractivity contribution in [3.8, 4) is 0 Å². The van der Waals surface area contributed by atoms with E-state index in [4.69, 9.17) is 4.74 Å². The van der Waals surface area contributed by atoms with E-state index in [9.17, 15) is 4.79 Å². The Morgan fingerprint density at radius 2 is 1.76 bits per heavy atom. The average Bonchev–Trinajstić information content (AvgIpc) is 2.85. The summed E-state index contributed by atoms with van der Waals surface area (Å²) in [5, 5.41) is 0. The van der Waals surface area contributed by atoms with Gasteiger partial charge in [-0.3, -0.25) is 9.69 Å². The van der Waals surface area contributed by atoms with Crippen molar-refractivity contribution in [2.75, 3.05) is 40.3 Å². The molecule has 4 heteroatoms. The Morgan fingerprint density at radius 3 is 2.29 bits per heavy atom. The van der Waals surface area contributed by atoms with Gasteiger partial charge in [-0.15, -0.1) is 0 Å². The molecule has 98 valence electrons. The van der Waals surface area contributed by atoms with Crippen LogP contribution in [0.1, 0.15) is 25.7 Å². The Labute approximate surface area is 104 Å². The summed E-state index contributed by atoms with van der Waals surface area (Å²) in [6.07, 6.45) is 4.68. The van der Waals surface area contributed by atoms with Gasteiger partial charge in [0, 0.05) is 0 Å². The van der Waals surface area contributed by atoms with Gasteiger partial charge in [0.25, 0.3) is 0 Å². The Morgan fingerprint density at radius 1 is 1.18 bits per heavy atom. The van der Waals surface area contributed by atoms with Gasteiger partial charge in [-0.25, -0.2) is 0 Å². The van der Waals surface area contributed by atoms with Crippen LogP contribution < -0.4 is 0 Å². The van der Waals surface area contributed by atoms with Crippen LogP contribution in [0.4, 0.5) is 0 Å². The fraction of sp³-hybridized carbons (Fsp3) is 0.923. The highest BCUT2D eigenvalue weighted by Gasteiger charge is 2.36. The van der Waals surface area contributed by atoms with Gasteiger partial charge in [0.2, 0.25) is 0 Å². The molecular formula is C13H24N2O2. The van der Waals surface area contributed by atoms with Crippen LogP contribution in [0, 0.1) is 5.92 Å². The van der Waals surface area contributed by atoms with Crippen molar-refractivity contribution in [1.29, 1.82) is 0 Å². The van der Waals surface area contributed by atoms with Gasteiger partial charge >= 0.3 is 5.97 Å². The van der Waals surface area contributed by atoms with Crippen molar-refractivity contribution in [1.82, 2.24) is 9.80 Å². The van der Waals surface area contributed by atoms with Gasteiger partial charge in [-0.05, 0) is 64.8 Å². The van der Waals surface area contributed by atoms with E-state index >= 15 is 0 Å². The molecule has 0 aromatic rings. The fourth-order valence-corrected chi connectivity index (χ4v) is 3.12. The van der Waals surface area contributed by atoms with E-state index in [0.29, 0.717) is 5.92 Å². The summed E-state index contributed by atoms with van der Waals surface area (Å²) in [7, 11) is 3.67. The standard InChI is InChI=1S/C13H24N2O2/c1-14-9-5-11(6-10-14)12(13(16)17-2)15-7-3-4-8-15/h11-12H,3-10H2,1-2H3. The minimum Gasteiger partial charge on any atom is -0.468 e. The normalized spacial score (nSPS) is 26.0. The maximum atomic E-state index is 12.0. The number of piperidine rings is 1. The predicted molar refractivity (Wildman–Crippen MR) is 66.8 cm³/mol. The number of carbonyl (C=O) groups excluding carboxylic acids is 1. The van der Waals surface area contributed by atoms with Crippen LogP contribution in [0.25, 0.3) is 0 Å². The molecule has 0 bridgehead atoms. The summed E-state index contributed by atoms with van der Waals surface area (Å²) < 4.78 is 5.01. The lowest BCUT2D eigenvalue weighted by atomic mass is 9.88. The zero-order valence-electron chi connectivity index (χ0n) is 11.0. The van der Waals surface area contributed by atoms with E-state index in [1.165, 1.54) is 20.0 Å². The molecule has 2 heterocycles. The number of ether oxygens (including phenoxy) is 1. The molecule has 2 aliphatic heterocycles. The average molecular weight is 240 g/mol. The van der Waals surface area contributed by atoms with Crippen LogP contribution >= 0.6 is 0 Å². The maximum absolute atomic E-state index is 12.0. The highest BCUT2D eigenvalue weighted by molar-refractivity contribution is 5.76.